The van der Waals surface area contributed by atoms with Gasteiger partial charge in [0, 0.05) is 24.5 Å². The van der Waals surface area contributed by atoms with Crippen LogP contribution in [0.3, 0.4) is 0 Å². The van der Waals surface area contributed by atoms with Crippen molar-refractivity contribution < 1.29 is 4.52 Å². The third-order valence-corrected chi connectivity index (χ3v) is 5.23. The van der Waals surface area contributed by atoms with E-state index in [2.05, 4.69) is 78.0 Å². The molecule has 0 saturated carbocycles. The molecule has 1 aromatic heterocycles. The molecule has 1 saturated heterocycles. The molecule has 1 aliphatic rings. The van der Waals surface area contributed by atoms with Crippen molar-refractivity contribution >= 4 is 0 Å². The van der Waals surface area contributed by atoms with Gasteiger partial charge in [0.05, 0.1) is 6.54 Å². The van der Waals surface area contributed by atoms with Crippen molar-refractivity contribution in [3.05, 3.63) is 47.6 Å². The average molecular weight is 371 g/mol. The van der Waals surface area contributed by atoms with Crippen LogP contribution in [0.15, 0.2) is 34.9 Å². The van der Waals surface area contributed by atoms with Crippen LogP contribution in [0.1, 0.15) is 64.2 Å². The molecule has 1 aliphatic heterocycles. The molecule has 0 radical (unpaired) electrons. The number of piperidine rings is 1. The van der Waals surface area contributed by atoms with Crippen LogP contribution in [0.25, 0.3) is 0 Å². The standard InChI is InChI=1S/C22H34N4O/c1-5-13-26(17-20-23-21(24-27-20)22(2,3)4)19-12-9-14-25(16-19)15-18-10-7-6-8-11-18/h6-8,10-11,19H,5,9,12-17H2,1-4H3. The lowest BCUT2D eigenvalue weighted by Crippen LogP contribution is -2.47. The van der Waals surface area contributed by atoms with Gasteiger partial charge in [0.15, 0.2) is 5.82 Å². The second-order valence-corrected chi connectivity index (χ2v) is 8.75. The maximum atomic E-state index is 5.56. The lowest BCUT2D eigenvalue weighted by molar-refractivity contribution is 0.0796. The Morgan fingerprint density at radius 1 is 1.22 bits per heavy atom. The van der Waals surface area contributed by atoms with Gasteiger partial charge in [-0.15, -0.1) is 0 Å². The fourth-order valence-corrected chi connectivity index (χ4v) is 3.79. The Labute approximate surface area is 163 Å². The van der Waals surface area contributed by atoms with Crippen LogP contribution >= 0.6 is 0 Å². The summed E-state index contributed by atoms with van der Waals surface area (Å²) in [5.41, 5.74) is 1.32. The summed E-state index contributed by atoms with van der Waals surface area (Å²) in [5.74, 6) is 1.54. The van der Waals surface area contributed by atoms with Crippen molar-refractivity contribution in [1.29, 1.82) is 0 Å². The summed E-state index contributed by atoms with van der Waals surface area (Å²) in [7, 11) is 0. The minimum absolute atomic E-state index is 0.0747. The molecule has 2 aromatic rings. The first-order valence-corrected chi connectivity index (χ1v) is 10.3. The Morgan fingerprint density at radius 3 is 2.67 bits per heavy atom. The van der Waals surface area contributed by atoms with Crippen LogP contribution in [0, 0.1) is 0 Å². The second kappa shape index (κ2) is 8.98. The van der Waals surface area contributed by atoms with Gasteiger partial charge in [0.25, 0.3) is 0 Å². The summed E-state index contributed by atoms with van der Waals surface area (Å²) in [6.45, 7) is 13.7. The molecule has 2 heterocycles. The van der Waals surface area contributed by atoms with E-state index in [9.17, 15) is 0 Å². The van der Waals surface area contributed by atoms with Crippen LogP contribution in [0.5, 0.6) is 0 Å². The first-order chi connectivity index (χ1) is 13.0. The van der Waals surface area contributed by atoms with E-state index in [0.29, 0.717) is 6.04 Å². The van der Waals surface area contributed by atoms with Crippen LogP contribution in [0.4, 0.5) is 0 Å². The maximum absolute atomic E-state index is 5.56. The van der Waals surface area contributed by atoms with Crippen LogP contribution < -0.4 is 0 Å². The van der Waals surface area contributed by atoms with Gasteiger partial charge in [0.1, 0.15) is 0 Å². The molecule has 5 nitrogen and oxygen atoms in total. The van der Waals surface area contributed by atoms with Gasteiger partial charge in [-0.25, -0.2) is 0 Å². The Morgan fingerprint density at radius 2 is 2.00 bits per heavy atom. The van der Waals surface area contributed by atoms with Crippen molar-refractivity contribution in [2.24, 2.45) is 0 Å². The summed E-state index contributed by atoms with van der Waals surface area (Å²) >= 11 is 0. The molecule has 3 rings (SSSR count). The molecule has 0 spiro atoms. The van der Waals surface area contributed by atoms with Gasteiger partial charge in [-0.2, -0.15) is 4.98 Å². The van der Waals surface area contributed by atoms with E-state index < -0.39 is 0 Å². The molecule has 148 valence electrons. The van der Waals surface area contributed by atoms with E-state index in [1.807, 2.05) is 0 Å². The molecule has 1 fully saturated rings. The van der Waals surface area contributed by atoms with Crippen LogP contribution in [0.2, 0.25) is 0 Å². The van der Waals surface area contributed by atoms with E-state index in [-0.39, 0.29) is 5.41 Å². The number of aromatic nitrogens is 2. The number of likely N-dealkylation sites (tertiary alicyclic amines) is 1. The predicted octanol–water partition coefficient (Wildman–Crippen LogP) is 4.24. The zero-order valence-corrected chi connectivity index (χ0v) is 17.3. The summed E-state index contributed by atoms with van der Waals surface area (Å²) in [5, 5.41) is 4.19. The van der Waals surface area contributed by atoms with Crippen LogP contribution in [-0.4, -0.2) is 45.6 Å². The molecule has 27 heavy (non-hydrogen) atoms. The lowest BCUT2D eigenvalue weighted by Gasteiger charge is -2.39. The summed E-state index contributed by atoms with van der Waals surface area (Å²) in [6.07, 6.45) is 3.62. The van der Waals surface area contributed by atoms with E-state index >= 15 is 0 Å². The molecule has 1 unspecified atom stereocenters. The fourth-order valence-electron chi connectivity index (χ4n) is 3.79. The quantitative estimate of drug-likeness (QED) is 0.729. The maximum Gasteiger partial charge on any atom is 0.240 e. The molecule has 1 atom stereocenters. The van der Waals surface area contributed by atoms with Crippen molar-refractivity contribution in [3.8, 4) is 0 Å². The van der Waals surface area contributed by atoms with E-state index in [0.717, 1.165) is 44.3 Å². The molecule has 5 heteroatoms. The molecule has 1 aromatic carbocycles. The average Bonchev–Trinajstić information content (AvgIpc) is 3.12. The fraction of sp³-hybridized carbons (Fsp3) is 0.636. The third-order valence-electron chi connectivity index (χ3n) is 5.23. The lowest BCUT2D eigenvalue weighted by atomic mass is 9.96. The van der Waals surface area contributed by atoms with Crippen molar-refractivity contribution in [1.82, 2.24) is 19.9 Å². The Balaban J connectivity index is 1.64. The zero-order chi connectivity index (χ0) is 19.3. The van der Waals surface area contributed by atoms with Crippen molar-refractivity contribution in [2.75, 3.05) is 19.6 Å². The van der Waals surface area contributed by atoms with Gasteiger partial charge in [-0.1, -0.05) is 63.2 Å². The van der Waals surface area contributed by atoms with Crippen molar-refractivity contribution in [3.63, 3.8) is 0 Å². The number of nitrogens with zero attached hydrogens (tertiary/aromatic N) is 4. The van der Waals surface area contributed by atoms with E-state index in [4.69, 9.17) is 4.52 Å². The van der Waals surface area contributed by atoms with Crippen LogP contribution in [-0.2, 0) is 18.5 Å². The number of hydrogen-bond donors (Lipinski definition) is 0. The van der Waals surface area contributed by atoms with Gasteiger partial charge in [0.2, 0.25) is 5.89 Å². The first kappa shape index (κ1) is 20.0. The normalized spacial score (nSPS) is 18.9. The molecule has 0 bridgehead atoms. The zero-order valence-electron chi connectivity index (χ0n) is 17.3. The number of rotatable bonds is 7. The number of benzene rings is 1. The molecular weight excluding hydrogens is 336 g/mol. The highest BCUT2D eigenvalue weighted by molar-refractivity contribution is 5.14. The van der Waals surface area contributed by atoms with Crippen molar-refractivity contribution in [2.45, 2.75) is 71.5 Å². The summed E-state index contributed by atoms with van der Waals surface area (Å²) < 4.78 is 5.56. The molecule has 0 N–H and O–H groups in total. The molecule has 0 amide bonds. The van der Waals surface area contributed by atoms with Gasteiger partial charge in [-0.3, -0.25) is 9.80 Å². The highest BCUT2D eigenvalue weighted by atomic mass is 16.5. The molecule has 0 aliphatic carbocycles. The molecular formula is C22H34N4O. The largest absolute Gasteiger partial charge is 0.338 e. The van der Waals surface area contributed by atoms with Gasteiger partial charge >= 0.3 is 0 Å². The predicted molar refractivity (Wildman–Crippen MR) is 108 cm³/mol. The van der Waals surface area contributed by atoms with E-state index in [1.54, 1.807) is 0 Å². The minimum atomic E-state index is -0.0747. The highest BCUT2D eigenvalue weighted by Crippen LogP contribution is 2.22. The minimum Gasteiger partial charge on any atom is -0.338 e. The third kappa shape index (κ3) is 5.63. The Hall–Kier alpha value is -1.72. The second-order valence-electron chi connectivity index (χ2n) is 8.75. The van der Waals surface area contributed by atoms with E-state index in [1.165, 1.54) is 24.9 Å². The topological polar surface area (TPSA) is 45.4 Å². The SMILES string of the molecule is CCCN(Cc1nc(C(C)(C)C)no1)C1CCCN(Cc2ccccc2)C1. The van der Waals surface area contributed by atoms with Gasteiger partial charge < -0.3 is 4.52 Å². The summed E-state index contributed by atoms with van der Waals surface area (Å²) in [6, 6.07) is 11.3. The smallest absolute Gasteiger partial charge is 0.240 e. The highest BCUT2D eigenvalue weighted by Gasteiger charge is 2.27. The number of hydrogen-bond acceptors (Lipinski definition) is 5. The van der Waals surface area contributed by atoms with Gasteiger partial charge in [-0.05, 0) is 37.9 Å². The Kier molecular flexibility index (Phi) is 6.66. The first-order valence-electron chi connectivity index (χ1n) is 10.3. The Bertz CT molecular complexity index is 692. The summed E-state index contributed by atoms with van der Waals surface area (Å²) in [4.78, 5) is 9.77. The monoisotopic (exact) mass is 370 g/mol.